The van der Waals surface area contributed by atoms with Crippen molar-refractivity contribution in [1.82, 2.24) is 15.1 Å². The highest BCUT2D eigenvalue weighted by Crippen LogP contribution is 2.32. The van der Waals surface area contributed by atoms with Crippen LogP contribution in [0, 0.1) is 0 Å². The summed E-state index contributed by atoms with van der Waals surface area (Å²) in [5.74, 6) is 2.09. The molecule has 0 N–H and O–H groups in total. The van der Waals surface area contributed by atoms with Gasteiger partial charge in [0, 0.05) is 13.0 Å². The summed E-state index contributed by atoms with van der Waals surface area (Å²) in [6.07, 6.45) is 2.00. The van der Waals surface area contributed by atoms with Crippen LogP contribution in [0.4, 0.5) is 0 Å². The van der Waals surface area contributed by atoms with E-state index in [0.29, 0.717) is 5.92 Å². The summed E-state index contributed by atoms with van der Waals surface area (Å²) in [6, 6.07) is 11.0. The molecule has 1 fully saturated rings. The Labute approximate surface area is 119 Å². The summed E-state index contributed by atoms with van der Waals surface area (Å²) < 4.78 is 5.68. The van der Waals surface area contributed by atoms with E-state index in [0.717, 1.165) is 31.3 Å². The van der Waals surface area contributed by atoms with Crippen LogP contribution >= 0.6 is 0 Å². The molecule has 2 aromatic rings. The van der Waals surface area contributed by atoms with Crippen LogP contribution in [-0.4, -0.2) is 28.2 Å². The highest BCUT2D eigenvalue weighted by atomic mass is 16.4. The average molecular weight is 271 g/mol. The lowest BCUT2D eigenvalue weighted by atomic mass is 9.99. The molecule has 20 heavy (non-hydrogen) atoms. The van der Waals surface area contributed by atoms with Crippen molar-refractivity contribution in [3.8, 4) is 0 Å². The minimum absolute atomic E-state index is 0.205. The van der Waals surface area contributed by atoms with E-state index in [4.69, 9.17) is 4.42 Å². The SMILES string of the molecule is CCc1nnc(C(C)N2CCC(c3ccccc3)C2)o1. The highest BCUT2D eigenvalue weighted by Gasteiger charge is 2.30. The van der Waals surface area contributed by atoms with Crippen molar-refractivity contribution in [3.05, 3.63) is 47.7 Å². The van der Waals surface area contributed by atoms with Gasteiger partial charge < -0.3 is 4.42 Å². The van der Waals surface area contributed by atoms with E-state index in [2.05, 4.69) is 52.4 Å². The molecule has 3 rings (SSSR count). The highest BCUT2D eigenvalue weighted by molar-refractivity contribution is 5.21. The topological polar surface area (TPSA) is 42.2 Å². The molecule has 1 aromatic heterocycles. The molecule has 0 bridgehead atoms. The van der Waals surface area contributed by atoms with E-state index in [-0.39, 0.29) is 6.04 Å². The van der Waals surface area contributed by atoms with E-state index in [1.165, 1.54) is 12.0 Å². The van der Waals surface area contributed by atoms with Crippen molar-refractivity contribution in [3.63, 3.8) is 0 Å². The summed E-state index contributed by atoms with van der Waals surface area (Å²) in [5.41, 5.74) is 1.43. The first-order chi connectivity index (χ1) is 9.78. The lowest BCUT2D eigenvalue weighted by Crippen LogP contribution is -2.24. The normalized spacial score (nSPS) is 21.2. The molecule has 106 valence electrons. The Bertz CT molecular complexity index is 552. The molecule has 1 aromatic carbocycles. The third-order valence-corrected chi connectivity index (χ3v) is 4.18. The maximum absolute atomic E-state index is 5.68. The number of aryl methyl sites for hydroxylation is 1. The smallest absolute Gasteiger partial charge is 0.233 e. The number of rotatable bonds is 4. The summed E-state index contributed by atoms with van der Waals surface area (Å²) in [5, 5.41) is 8.23. The molecule has 0 saturated carbocycles. The second kappa shape index (κ2) is 5.75. The number of hydrogen-bond donors (Lipinski definition) is 0. The fraction of sp³-hybridized carbons (Fsp3) is 0.500. The Hall–Kier alpha value is -1.68. The number of benzene rings is 1. The van der Waals surface area contributed by atoms with Gasteiger partial charge in [-0.3, -0.25) is 4.90 Å². The van der Waals surface area contributed by atoms with Crippen LogP contribution in [0.2, 0.25) is 0 Å². The van der Waals surface area contributed by atoms with Gasteiger partial charge in [-0.1, -0.05) is 37.3 Å². The van der Waals surface area contributed by atoms with Crippen LogP contribution in [-0.2, 0) is 6.42 Å². The number of hydrogen-bond acceptors (Lipinski definition) is 4. The van der Waals surface area contributed by atoms with Gasteiger partial charge in [-0.2, -0.15) is 0 Å². The molecule has 1 aliphatic rings. The van der Waals surface area contributed by atoms with Gasteiger partial charge in [0.25, 0.3) is 0 Å². The Morgan fingerprint density at radius 2 is 2.10 bits per heavy atom. The van der Waals surface area contributed by atoms with Gasteiger partial charge >= 0.3 is 0 Å². The fourth-order valence-electron chi connectivity index (χ4n) is 2.87. The van der Waals surface area contributed by atoms with Crippen LogP contribution in [0.1, 0.15) is 49.6 Å². The molecule has 0 spiro atoms. The lowest BCUT2D eigenvalue weighted by molar-refractivity contribution is 0.219. The summed E-state index contributed by atoms with van der Waals surface area (Å²) >= 11 is 0. The monoisotopic (exact) mass is 271 g/mol. The van der Waals surface area contributed by atoms with Gasteiger partial charge in [0.15, 0.2) is 0 Å². The van der Waals surface area contributed by atoms with Crippen molar-refractivity contribution in [2.75, 3.05) is 13.1 Å². The van der Waals surface area contributed by atoms with Crippen LogP contribution in [0.15, 0.2) is 34.7 Å². The molecule has 2 atom stereocenters. The Morgan fingerprint density at radius 1 is 1.30 bits per heavy atom. The molecule has 0 amide bonds. The maximum Gasteiger partial charge on any atom is 0.233 e. The summed E-state index contributed by atoms with van der Waals surface area (Å²) in [6.45, 7) is 6.34. The Morgan fingerprint density at radius 3 is 2.80 bits per heavy atom. The predicted molar refractivity (Wildman–Crippen MR) is 77.5 cm³/mol. The first kappa shape index (κ1) is 13.3. The Balaban J connectivity index is 1.67. The number of aromatic nitrogens is 2. The van der Waals surface area contributed by atoms with Gasteiger partial charge in [-0.25, -0.2) is 0 Å². The fourth-order valence-corrected chi connectivity index (χ4v) is 2.87. The predicted octanol–water partition coefficient (Wildman–Crippen LogP) is 3.18. The van der Waals surface area contributed by atoms with E-state index in [1.807, 2.05) is 6.92 Å². The molecule has 1 saturated heterocycles. The van der Waals surface area contributed by atoms with Crippen LogP contribution < -0.4 is 0 Å². The third kappa shape index (κ3) is 2.61. The van der Waals surface area contributed by atoms with Crippen LogP contribution in [0.25, 0.3) is 0 Å². The van der Waals surface area contributed by atoms with Crippen molar-refractivity contribution < 1.29 is 4.42 Å². The third-order valence-electron chi connectivity index (χ3n) is 4.18. The van der Waals surface area contributed by atoms with Gasteiger partial charge in [0.1, 0.15) is 0 Å². The van der Waals surface area contributed by atoms with E-state index < -0.39 is 0 Å². The molecule has 4 heteroatoms. The van der Waals surface area contributed by atoms with E-state index in [1.54, 1.807) is 0 Å². The largest absolute Gasteiger partial charge is 0.424 e. The van der Waals surface area contributed by atoms with Crippen molar-refractivity contribution in [1.29, 1.82) is 0 Å². The first-order valence-corrected chi connectivity index (χ1v) is 7.39. The van der Waals surface area contributed by atoms with Gasteiger partial charge in [-0.15, -0.1) is 10.2 Å². The summed E-state index contributed by atoms with van der Waals surface area (Å²) in [4.78, 5) is 2.44. The van der Waals surface area contributed by atoms with Crippen molar-refractivity contribution in [2.24, 2.45) is 0 Å². The molecular weight excluding hydrogens is 250 g/mol. The van der Waals surface area contributed by atoms with E-state index >= 15 is 0 Å². The maximum atomic E-state index is 5.68. The van der Waals surface area contributed by atoms with Gasteiger partial charge in [-0.05, 0) is 31.4 Å². The molecule has 0 radical (unpaired) electrons. The standard InChI is InChI=1S/C16H21N3O/c1-3-15-17-18-16(20-15)12(2)19-10-9-14(11-19)13-7-5-4-6-8-13/h4-8,12,14H,3,9-11H2,1-2H3. The van der Waals surface area contributed by atoms with Crippen molar-refractivity contribution >= 4 is 0 Å². The molecule has 4 nitrogen and oxygen atoms in total. The van der Waals surface area contributed by atoms with Crippen molar-refractivity contribution in [2.45, 2.75) is 38.6 Å². The van der Waals surface area contributed by atoms with E-state index in [9.17, 15) is 0 Å². The minimum Gasteiger partial charge on any atom is -0.424 e. The first-order valence-electron chi connectivity index (χ1n) is 7.39. The molecule has 2 unspecified atom stereocenters. The van der Waals surface area contributed by atoms with Crippen LogP contribution in [0.3, 0.4) is 0 Å². The van der Waals surface area contributed by atoms with Crippen LogP contribution in [0.5, 0.6) is 0 Å². The summed E-state index contributed by atoms with van der Waals surface area (Å²) in [7, 11) is 0. The molecule has 1 aliphatic heterocycles. The quantitative estimate of drug-likeness (QED) is 0.856. The zero-order chi connectivity index (χ0) is 13.9. The lowest BCUT2D eigenvalue weighted by Gasteiger charge is -2.21. The number of nitrogens with zero attached hydrogens (tertiary/aromatic N) is 3. The molecular formula is C16H21N3O. The van der Waals surface area contributed by atoms with Gasteiger partial charge in [0.05, 0.1) is 6.04 Å². The van der Waals surface area contributed by atoms with Gasteiger partial charge in [0.2, 0.25) is 11.8 Å². The number of likely N-dealkylation sites (tertiary alicyclic amines) is 1. The average Bonchev–Trinajstić information content (AvgIpc) is 3.17. The zero-order valence-corrected chi connectivity index (χ0v) is 12.1. The minimum atomic E-state index is 0.205. The molecule has 2 heterocycles. The zero-order valence-electron chi connectivity index (χ0n) is 12.1. The second-order valence-corrected chi connectivity index (χ2v) is 5.45. The second-order valence-electron chi connectivity index (χ2n) is 5.45. The Kier molecular flexibility index (Phi) is 3.83. The molecule has 0 aliphatic carbocycles.